The lowest BCUT2D eigenvalue weighted by molar-refractivity contribution is 0.122. The Balaban J connectivity index is 2.02. The van der Waals surface area contributed by atoms with Crippen molar-refractivity contribution in [1.29, 1.82) is 0 Å². The minimum Gasteiger partial charge on any atom is -0.378 e. The number of rotatable bonds is 5. The molecule has 6 nitrogen and oxygen atoms in total. The molecule has 2 rings (SSSR count). The van der Waals surface area contributed by atoms with E-state index in [4.69, 9.17) is 10.5 Å². The van der Waals surface area contributed by atoms with E-state index in [2.05, 4.69) is 26.8 Å². The van der Waals surface area contributed by atoms with Crippen LogP contribution in [-0.4, -0.2) is 43.8 Å². The lowest BCUT2D eigenvalue weighted by Gasteiger charge is -2.29. The zero-order valence-electron chi connectivity index (χ0n) is 12.5. The lowest BCUT2D eigenvalue weighted by Crippen LogP contribution is -2.37. The van der Waals surface area contributed by atoms with Crippen LogP contribution >= 0.6 is 0 Å². The van der Waals surface area contributed by atoms with Crippen LogP contribution in [0.3, 0.4) is 0 Å². The average Bonchev–Trinajstić information content (AvgIpc) is 2.52. The predicted octanol–water partition coefficient (Wildman–Crippen LogP) is 0.899. The zero-order chi connectivity index (χ0) is 15.1. The van der Waals surface area contributed by atoms with Crippen LogP contribution in [0.15, 0.2) is 35.5 Å². The molecule has 0 aromatic carbocycles. The third-order valence-corrected chi connectivity index (χ3v) is 3.17. The maximum absolute atomic E-state index is 5.84. The summed E-state index contributed by atoms with van der Waals surface area (Å²) in [5.41, 5.74) is 7.93. The molecule has 0 bridgehead atoms. The van der Waals surface area contributed by atoms with E-state index in [1.165, 1.54) is 0 Å². The Morgan fingerprint density at radius 3 is 3.00 bits per heavy atom. The van der Waals surface area contributed by atoms with Gasteiger partial charge in [-0.05, 0) is 13.0 Å². The summed E-state index contributed by atoms with van der Waals surface area (Å²) in [4.78, 5) is 11.1. The topological polar surface area (TPSA) is 75.8 Å². The molecular formula is C15H23N5O. The molecule has 0 saturated carbocycles. The van der Waals surface area contributed by atoms with Crippen molar-refractivity contribution < 1.29 is 4.74 Å². The normalized spacial score (nSPS) is 15.9. The number of nitrogens with two attached hydrogens (primary N) is 1. The predicted molar refractivity (Wildman–Crippen MR) is 85.4 cm³/mol. The first-order valence-corrected chi connectivity index (χ1v) is 7.11. The van der Waals surface area contributed by atoms with Gasteiger partial charge in [0.2, 0.25) is 0 Å². The molecule has 0 amide bonds. The van der Waals surface area contributed by atoms with Crippen LogP contribution in [0.4, 0.5) is 5.82 Å². The minimum atomic E-state index is 0.426. The number of guanidine groups is 1. The molecule has 21 heavy (non-hydrogen) atoms. The smallest absolute Gasteiger partial charge is 0.189 e. The maximum atomic E-state index is 5.84. The highest BCUT2D eigenvalue weighted by molar-refractivity contribution is 5.78. The Hall–Kier alpha value is -2.08. The number of anilines is 1. The molecule has 1 aliphatic heterocycles. The van der Waals surface area contributed by atoms with Crippen molar-refractivity contribution in [2.45, 2.75) is 13.5 Å². The Kier molecular flexibility index (Phi) is 5.57. The summed E-state index contributed by atoms with van der Waals surface area (Å²) in [6, 6.07) is 3.96. The Morgan fingerprint density at radius 2 is 2.29 bits per heavy atom. The quantitative estimate of drug-likeness (QED) is 0.478. The maximum Gasteiger partial charge on any atom is 0.189 e. The van der Waals surface area contributed by atoms with Gasteiger partial charge in [0.1, 0.15) is 5.82 Å². The second-order valence-electron chi connectivity index (χ2n) is 5.10. The second-order valence-corrected chi connectivity index (χ2v) is 5.10. The number of ether oxygens (including phenoxy) is 1. The Morgan fingerprint density at radius 1 is 1.52 bits per heavy atom. The molecular weight excluding hydrogens is 266 g/mol. The summed E-state index contributed by atoms with van der Waals surface area (Å²) in [6.45, 7) is 10.1. The molecule has 1 aromatic heterocycles. The highest BCUT2D eigenvalue weighted by Gasteiger charge is 2.15. The first kappa shape index (κ1) is 15.3. The first-order chi connectivity index (χ1) is 10.2. The summed E-state index contributed by atoms with van der Waals surface area (Å²) in [5.74, 6) is 1.40. The van der Waals surface area contributed by atoms with Crippen LogP contribution in [0.1, 0.15) is 12.5 Å². The van der Waals surface area contributed by atoms with Crippen molar-refractivity contribution in [2.75, 3.05) is 37.7 Å². The third kappa shape index (κ3) is 4.75. The van der Waals surface area contributed by atoms with Gasteiger partial charge in [-0.15, -0.1) is 0 Å². The first-order valence-electron chi connectivity index (χ1n) is 7.11. The molecule has 1 fully saturated rings. The highest BCUT2D eigenvalue weighted by Crippen LogP contribution is 2.19. The molecule has 6 heteroatoms. The number of morpholine rings is 1. The standard InChI is InChI=1S/C15H23N5O/c1-12(2)10-18-15(16)19-11-13-4-3-5-17-14(13)20-6-8-21-9-7-20/h3-5H,1,6-11H2,2H3,(H3,16,18,19). The average molecular weight is 289 g/mol. The van der Waals surface area contributed by atoms with Crippen LogP contribution in [0.2, 0.25) is 0 Å². The molecule has 0 unspecified atom stereocenters. The molecule has 1 saturated heterocycles. The van der Waals surface area contributed by atoms with Gasteiger partial charge in [-0.25, -0.2) is 9.98 Å². The van der Waals surface area contributed by atoms with E-state index in [0.29, 0.717) is 19.0 Å². The summed E-state index contributed by atoms with van der Waals surface area (Å²) >= 11 is 0. The molecule has 0 atom stereocenters. The van der Waals surface area contributed by atoms with Crippen LogP contribution < -0.4 is 16.0 Å². The molecule has 1 aliphatic rings. The summed E-state index contributed by atoms with van der Waals surface area (Å²) in [5, 5.41) is 3.03. The number of aromatic nitrogens is 1. The van der Waals surface area contributed by atoms with Gasteiger partial charge in [0.05, 0.1) is 19.8 Å². The van der Waals surface area contributed by atoms with E-state index < -0.39 is 0 Å². The summed E-state index contributed by atoms with van der Waals surface area (Å²) in [6.07, 6.45) is 1.81. The van der Waals surface area contributed by atoms with Gasteiger partial charge in [-0.2, -0.15) is 0 Å². The molecule has 0 spiro atoms. The fraction of sp³-hybridized carbons (Fsp3) is 0.467. The number of aliphatic imine (C=N–C) groups is 1. The minimum absolute atomic E-state index is 0.426. The van der Waals surface area contributed by atoms with Gasteiger partial charge in [0, 0.05) is 31.4 Å². The van der Waals surface area contributed by atoms with Crippen molar-refractivity contribution in [3.8, 4) is 0 Å². The molecule has 1 aromatic rings. The van der Waals surface area contributed by atoms with Gasteiger partial charge in [0.25, 0.3) is 0 Å². The lowest BCUT2D eigenvalue weighted by atomic mass is 10.2. The van der Waals surface area contributed by atoms with E-state index in [9.17, 15) is 0 Å². The van der Waals surface area contributed by atoms with Gasteiger partial charge >= 0.3 is 0 Å². The van der Waals surface area contributed by atoms with Crippen molar-refractivity contribution in [2.24, 2.45) is 10.7 Å². The van der Waals surface area contributed by atoms with E-state index in [0.717, 1.165) is 43.3 Å². The van der Waals surface area contributed by atoms with Crippen molar-refractivity contribution in [3.05, 3.63) is 36.0 Å². The zero-order valence-corrected chi connectivity index (χ0v) is 12.5. The van der Waals surface area contributed by atoms with Gasteiger partial charge in [-0.3, -0.25) is 0 Å². The fourth-order valence-electron chi connectivity index (χ4n) is 2.08. The molecule has 3 N–H and O–H groups in total. The summed E-state index contributed by atoms with van der Waals surface area (Å²) in [7, 11) is 0. The summed E-state index contributed by atoms with van der Waals surface area (Å²) < 4.78 is 5.38. The second kappa shape index (κ2) is 7.64. The number of hydrogen-bond donors (Lipinski definition) is 2. The largest absolute Gasteiger partial charge is 0.378 e. The van der Waals surface area contributed by atoms with Gasteiger partial charge in [0.15, 0.2) is 5.96 Å². The van der Waals surface area contributed by atoms with Gasteiger partial charge < -0.3 is 20.7 Å². The monoisotopic (exact) mass is 289 g/mol. The number of pyridine rings is 1. The molecule has 0 aliphatic carbocycles. The van der Waals surface area contributed by atoms with Crippen molar-refractivity contribution in [1.82, 2.24) is 10.3 Å². The van der Waals surface area contributed by atoms with Crippen LogP contribution in [0.25, 0.3) is 0 Å². The van der Waals surface area contributed by atoms with E-state index in [-0.39, 0.29) is 0 Å². The Labute approximate surface area is 125 Å². The Bertz CT molecular complexity index is 509. The van der Waals surface area contributed by atoms with E-state index in [1.807, 2.05) is 19.1 Å². The number of nitrogens with zero attached hydrogens (tertiary/aromatic N) is 3. The molecule has 114 valence electrons. The van der Waals surface area contributed by atoms with E-state index >= 15 is 0 Å². The number of nitrogens with one attached hydrogen (secondary N) is 1. The third-order valence-electron chi connectivity index (χ3n) is 3.17. The molecule has 0 radical (unpaired) electrons. The van der Waals surface area contributed by atoms with Crippen molar-refractivity contribution in [3.63, 3.8) is 0 Å². The van der Waals surface area contributed by atoms with Crippen LogP contribution in [0, 0.1) is 0 Å². The van der Waals surface area contributed by atoms with Crippen LogP contribution in [0.5, 0.6) is 0 Å². The molecule has 2 heterocycles. The van der Waals surface area contributed by atoms with Crippen molar-refractivity contribution >= 4 is 11.8 Å². The fourth-order valence-corrected chi connectivity index (χ4v) is 2.08. The van der Waals surface area contributed by atoms with E-state index in [1.54, 1.807) is 6.20 Å². The highest BCUT2D eigenvalue weighted by atomic mass is 16.5. The van der Waals surface area contributed by atoms with Gasteiger partial charge in [-0.1, -0.05) is 18.2 Å². The van der Waals surface area contributed by atoms with Crippen LogP contribution in [-0.2, 0) is 11.3 Å². The SMILES string of the molecule is C=C(C)CNC(N)=NCc1cccnc1N1CCOCC1. The number of hydrogen-bond acceptors (Lipinski definition) is 4.